The van der Waals surface area contributed by atoms with Gasteiger partial charge in [-0.2, -0.15) is 0 Å². The third-order valence-corrected chi connectivity index (χ3v) is 4.45. The summed E-state index contributed by atoms with van der Waals surface area (Å²) < 4.78 is 5.20. The number of aromatic nitrogens is 1. The highest BCUT2D eigenvalue weighted by Gasteiger charge is 2.35. The van der Waals surface area contributed by atoms with Gasteiger partial charge >= 0.3 is 0 Å². The van der Waals surface area contributed by atoms with Gasteiger partial charge in [0.05, 0.1) is 12.6 Å². The number of benzene rings is 1. The van der Waals surface area contributed by atoms with Crippen molar-refractivity contribution in [3.05, 3.63) is 36.0 Å². The highest BCUT2D eigenvalue weighted by atomic mass is 16.5. The fourth-order valence-electron chi connectivity index (χ4n) is 2.88. The molecule has 0 aliphatic carbocycles. The third kappa shape index (κ3) is 2.64. The number of amides is 1. The van der Waals surface area contributed by atoms with Crippen LogP contribution in [0.4, 0.5) is 0 Å². The standard InChI is InChI=1S/C17H21N3O2/c1-17(10-18)7-8-20(11-17)16(21)15-5-3-12-9-13(22-2)4-6-14(12)19-15/h3-6,9H,7-8,10-11,18H2,1-2H3. The Morgan fingerprint density at radius 3 is 2.91 bits per heavy atom. The Morgan fingerprint density at radius 1 is 1.41 bits per heavy atom. The second kappa shape index (κ2) is 5.57. The SMILES string of the molecule is COc1ccc2nc(C(=O)N3CCC(C)(CN)C3)ccc2c1. The fourth-order valence-corrected chi connectivity index (χ4v) is 2.88. The first-order valence-electron chi connectivity index (χ1n) is 7.49. The van der Waals surface area contributed by atoms with E-state index in [0.717, 1.165) is 29.6 Å². The lowest BCUT2D eigenvalue weighted by Crippen LogP contribution is -2.34. The van der Waals surface area contributed by atoms with Crippen LogP contribution in [0.5, 0.6) is 5.75 Å². The van der Waals surface area contributed by atoms with Crippen molar-refractivity contribution in [3.8, 4) is 5.75 Å². The number of nitrogens with zero attached hydrogens (tertiary/aromatic N) is 2. The molecule has 0 bridgehead atoms. The zero-order valence-corrected chi connectivity index (χ0v) is 13.0. The molecule has 2 aromatic rings. The Hall–Kier alpha value is -2.14. The summed E-state index contributed by atoms with van der Waals surface area (Å²) in [6, 6.07) is 9.33. The van der Waals surface area contributed by atoms with Crippen LogP contribution in [0.2, 0.25) is 0 Å². The van der Waals surface area contributed by atoms with Crippen LogP contribution >= 0.6 is 0 Å². The number of methoxy groups -OCH3 is 1. The van der Waals surface area contributed by atoms with E-state index in [4.69, 9.17) is 10.5 Å². The summed E-state index contributed by atoms with van der Waals surface area (Å²) in [6.07, 6.45) is 0.944. The summed E-state index contributed by atoms with van der Waals surface area (Å²) in [6.45, 7) is 4.17. The lowest BCUT2D eigenvalue weighted by atomic mass is 9.90. The minimum Gasteiger partial charge on any atom is -0.497 e. The maximum atomic E-state index is 12.6. The summed E-state index contributed by atoms with van der Waals surface area (Å²) >= 11 is 0. The fraction of sp³-hybridized carbons (Fsp3) is 0.412. The topological polar surface area (TPSA) is 68.5 Å². The largest absolute Gasteiger partial charge is 0.497 e. The molecule has 22 heavy (non-hydrogen) atoms. The van der Waals surface area contributed by atoms with E-state index in [1.807, 2.05) is 29.2 Å². The van der Waals surface area contributed by atoms with E-state index in [9.17, 15) is 4.79 Å². The molecule has 1 saturated heterocycles. The first-order chi connectivity index (χ1) is 10.5. The quantitative estimate of drug-likeness (QED) is 0.942. The average molecular weight is 299 g/mol. The maximum Gasteiger partial charge on any atom is 0.272 e. The van der Waals surface area contributed by atoms with Gasteiger partial charge in [-0.25, -0.2) is 4.98 Å². The van der Waals surface area contributed by atoms with Crippen LogP contribution in [0.3, 0.4) is 0 Å². The second-order valence-electron chi connectivity index (χ2n) is 6.25. The number of pyridine rings is 1. The highest BCUT2D eigenvalue weighted by molar-refractivity contribution is 5.95. The monoisotopic (exact) mass is 299 g/mol. The second-order valence-corrected chi connectivity index (χ2v) is 6.25. The van der Waals surface area contributed by atoms with E-state index in [0.29, 0.717) is 18.8 Å². The normalized spacial score (nSPS) is 21.3. The predicted molar refractivity (Wildman–Crippen MR) is 86.0 cm³/mol. The smallest absolute Gasteiger partial charge is 0.272 e. The van der Waals surface area contributed by atoms with Gasteiger partial charge in [-0.1, -0.05) is 13.0 Å². The van der Waals surface area contributed by atoms with E-state index < -0.39 is 0 Å². The molecule has 5 heteroatoms. The molecule has 2 heterocycles. The molecule has 1 atom stereocenters. The van der Waals surface area contributed by atoms with E-state index in [1.165, 1.54) is 0 Å². The Kier molecular flexibility index (Phi) is 3.74. The van der Waals surface area contributed by atoms with Crippen LogP contribution in [0.25, 0.3) is 10.9 Å². The van der Waals surface area contributed by atoms with Gasteiger partial charge in [0.1, 0.15) is 11.4 Å². The van der Waals surface area contributed by atoms with E-state index >= 15 is 0 Å². The molecule has 5 nitrogen and oxygen atoms in total. The van der Waals surface area contributed by atoms with Crippen molar-refractivity contribution >= 4 is 16.8 Å². The van der Waals surface area contributed by atoms with Gasteiger partial charge in [-0.3, -0.25) is 4.79 Å². The van der Waals surface area contributed by atoms with Gasteiger partial charge in [0.2, 0.25) is 0 Å². The molecule has 0 radical (unpaired) electrons. The first kappa shape index (κ1) is 14.8. The van der Waals surface area contributed by atoms with Crippen molar-refractivity contribution in [3.63, 3.8) is 0 Å². The lowest BCUT2D eigenvalue weighted by molar-refractivity contribution is 0.0771. The summed E-state index contributed by atoms with van der Waals surface area (Å²) in [7, 11) is 1.63. The summed E-state index contributed by atoms with van der Waals surface area (Å²) in [4.78, 5) is 19.0. The molecule has 1 aromatic heterocycles. The number of carbonyl (C=O) groups is 1. The Labute approximate surface area is 130 Å². The average Bonchev–Trinajstić information content (AvgIpc) is 2.96. The van der Waals surface area contributed by atoms with Crippen LogP contribution in [0.1, 0.15) is 23.8 Å². The summed E-state index contributed by atoms with van der Waals surface area (Å²) in [5.74, 6) is 0.765. The van der Waals surface area contributed by atoms with Crippen LogP contribution in [-0.2, 0) is 0 Å². The van der Waals surface area contributed by atoms with Gasteiger partial charge < -0.3 is 15.4 Å². The molecule has 116 valence electrons. The van der Waals surface area contributed by atoms with E-state index in [1.54, 1.807) is 13.2 Å². The number of likely N-dealkylation sites (tertiary alicyclic amines) is 1. The van der Waals surface area contributed by atoms with Crippen molar-refractivity contribution < 1.29 is 9.53 Å². The Bertz CT molecular complexity index is 716. The van der Waals surface area contributed by atoms with Crippen LogP contribution in [-0.4, -0.2) is 42.5 Å². The zero-order valence-electron chi connectivity index (χ0n) is 13.0. The molecule has 1 fully saturated rings. The minimum atomic E-state index is -0.0186. The number of hydrogen-bond donors (Lipinski definition) is 1. The van der Waals surface area contributed by atoms with Crippen LogP contribution in [0, 0.1) is 5.41 Å². The first-order valence-corrected chi connectivity index (χ1v) is 7.49. The number of carbonyl (C=O) groups excluding carboxylic acids is 1. The van der Waals surface area contributed by atoms with E-state index in [-0.39, 0.29) is 11.3 Å². The van der Waals surface area contributed by atoms with Gasteiger partial charge in [0, 0.05) is 18.5 Å². The molecule has 1 aromatic carbocycles. The number of nitrogens with two attached hydrogens (primary N) is 1. The van der Waals surface area contributed by atoms with Crippen LogP contribution in [0.15, 0.2) is 30.3 Å². The highest BCUT2D eigenvalue weighted by Crippen LogP contribution is 2.29. The minimum absolute atomic E-state index is 0.0186. The van der Waals surface area contributed by atoms with Gasteiger partial charge in [-0.05, 0) is 42.6 Å². The number of rotatable bonds is 3. The molecule has 1 amide bonds. The molecular formula is C17H21N3O2. The third-order valence-electron chi connectivity index (χ3n) is 4.45. The van der Waals surface area contributed by atoms with Gasteiger partial charge in [0.25, 0.3) is 5.91 Å². The van der Waals surface area contributed by atoms with Crippen molar-refractivity contribution in [2.45, 2.75) is 13.3 Å². The number of hydrogen-bond acceptors (Lipinski definition) is 4. The van der Waals surface area contributed by atoms with Crippen molar-refractivity contribution in [1.82, 2.24) is 9.88 Å². The number of fused-ring (bicyclic) bond motifs is 1. The molecule has 0 spiro atoms. The van der Waals surface area contributed by atoms with Gasteiger partial charge in [0.15, 0.2) is 0 Å². The Balaban J connectivity index is 1.86. The summed E-state index contributed by atoms with van der Waals surface area (Å²) in [5.41, 5.74) is 7.12. The summed E-state index contributed by atoms with van der Waals surface area (Å²) in [5, 5.41) is 0.962. The van der Waals surface area contributed by atoms with Crippen molar-refractivity contribution in [2.75, 3.05) is 26.7 Å². The van der Waals surface area contributed by atoms with Crippen molar-refractivity contribution in [1.29, 1.82) is 0 Å². The molecular weight excluding hydrogens is 278 g/mol. The van der Waals surface area contributed by atoms with E-state index in [2.05, 4.69) is 11.9 Å². The maximum absolute atomic E-state index is 12.6. The predicted octanol–water partition coefficient (Wildman–Crippen LogP) is 2.05. The number of ether oxygens (including phenoxy) is 1. The van der Waals surface area contributed by atoms with Gasteiger partial charge in [-0.15, -0.1) is 0 Å². The Morgan fingerprint density at radius 2 is 2.23 bits per heavy atom. The molecule has 3 rings (SSSR count). The van der Waals surface area contributed by atoms with Crippen LogP contribution < -0.4 is 10.5 Å². The molecule has 1 unspecified atom stereocenters. The molecule has 0 saturated carbocycles. The molecule has 2 N–H and O–H groups in total. The molecule has 1 aliphatic heterocycles. The van der Waals surface area contributed by atoms with Crippen molar-refractivity contribution in [2.24, 2.45) is 11.1 Å². The lowest BCUT2D eigenvalue weighted by Gasteiger charge is -2.22. The molecule has 1 aliphatic rings. The zero-order chi connectivity index (χ0) is 15.7.